The molecule has 4 rings (SSSR count). The highest BCUT2D eigenvalue weighted by atomic mass is 35.5. The topological polar surface area (TPSA) is 75.0 Å². The number of hydrogen-bond donors (Lipinski definition) is 0. The first-order chi connectivity index (χ1) is 15.0. The maximum Gasteiger partial charge on any atom is 0.291 e. The minimum atomic E-state index is -0.243. The molecule has 0 amide bonds. The molecule has 0 fully saturated rings. The molecule has 2 aromatic heterocycles. The summed E-state index contributed by atoms with van der Waals surface area (Å²) >= 11 is 7.16. The van der Waals surface area contributed by atoms with E-state index < -0.39 is 0 Å². The minimum Gasteiger partial charge on any atom is -0.493 e. The normalized spacial score (nSPS) is 12.1. The number of benzene rings is 2. The lowest BCUT2D eigenvalue weighted by atomic mass is 10.1. The van der Waals surface area contributed by atoms with Gasteiger partial charge in [-0.15, -0.1) is 5.10 Å². The van der Waals surface area contributed by atoms with E-state index in [1.807, 2.05) is 18.2 Å². The molecule has 31 heavy (non-hydrogen) atoms. The Hall–Kier alpha value is -3.36. The van der Waals surface area contributed by atoms with E-state index in [-0.39, 0.29) is 5.56 Å². The number of fused-ring (bicyclic) bond motifs is 1. The second-order valence-corrected chi connectivity index (χ2v) is 7.87. The molecule has 4 aromatic rings. The van der Waals surface area contributed by atoms with Crippen LogP contribution in [0.15, 0.2) is 41.2 Å². The molecule has 0 saturated carbocycles. The van der Waals surface area contributed by atoms with Gasteiger partial charge in [-0.2, -0.15) is 9.50 Å². The third-order valence-electron chi connectivity index (χ3n) is 4.48. The van der Waals surface area contributed by atoms with Crippen molar-refractivity contribution in [3.05, 3.63) is 73.3 Å². The maximum absolute atomic E-state index is 12.8. The quantitative estimate of drug-likeness (QED) is 0.442. The number of thiazole rings is 1. The summed E-state index contributed by atoms with van der Waals surface area (Å²) in [6.45, 7) is 0. The average molecular weight is 456 g/mol. The fourth-order valence-corrected chi connectivity index (χ4v) is 4.04. The maximum atomic E-state index is 12.8. The van der Waals surface area contributed by atoms with Crippen molar-refractivity contribution in [3.8, 4) is 17.2 Å². The Morgan fingerprint density at radius 1 is 0.968 bits per heavy atom. The predicted molar refractivity (Wildman–Crippen MR) is 122 cm³/mol. The van der Waals surface area contributed by atoms with E-state index in [0.717, 1.165) is 11.1 Å². The lowest BCUT2D eigenvalue weighted by Gasteiger charge is -2.12. The van der Waals surface area contributed by atoms with Crippen molar-refractivity contribution in [2.24, 2.45) is 0 Å². The van der Waals surface area contributed by atoms with Gasteiger partial charge in [-0.1, -0.05) is 41.1 Å². The second-order valence-electron chi connectivity index (χ2n) is 6.42. The number of hydrogen-bond acceptors (Lipinski definition) is 7. The third-order valence-corrected chi connectivity index (χ3v) is 5.69. The third kappa shape index (κ3) is 4.26. The molecule has 0 spiro atoms. The summed E-state index contributed by atoms with van der Waals surface area (Å²) in [6, 6.07) is 10.9. The van der Waals surface area contributed by atoms with Crippen LogP contribution in [0, 0.1) is 0 Å². The Balaban J connectivity index is 1.69. The van der Waals surface area contributed by atoms with Gasteiger partial charge in [-0.05, 0) is 47.5 Å². The van der Waals surface area contributed by atoms with Crippen LogP contribution in [0.1, 0.15) is 17.0 Å². The van der Waals surface area contributed by atoms with E-state index in [1.54, 1.807) is 57.7 Å². The summed E-state index contributed by atoms with van der Waals surface area (Å²) in [6.07, 6.45) is 5.37. The number of halogens is 1. The van der Waals surface area contributed by atoms with Gasteiger partial charge in [0.25, 0.3) is 5.56 Å². The van der Waals surface area contributed by atoms with E-state index in [1.165, 1.54) is 15.9 Å². The zero-order valence-electron chi connectivity index (χ0n) is 17.0. The first-order valence-electron chi connectivity index (χ1n) is 9.17. The molecule has 158 valence electrons. The van der Waals surface area contributed by atoms with Gasteiger partial charge < -0.3 is 14.2 Å². The zero-order chi connectivity index (χ0) is 22.0. The number of rotatable bonds is 6. The Labute approximate surface area is 186 Å². The lowest BCUT2D eigenvalue weighted by Crippen LogP contribution is -2.23. The zero-order valence-corrected chi connectivity index (χ0v) is 18.5. The molecule has 0 bridgehead atoms. The molecule has 7 nitrogen and oxygen atoms in total. The molecule has 9 heteroatoms. The summed E-state index contributed by atoms with van der Waals surface area (Å²) < 4.78 is 17.9. The van der Waals surface area contributed by atoms with Crippen LogP contribution in [-0.4, -0.2) is 35.9 Å². The van der Waals surface area contributed by atoms with Crippen molar-refractivity contribution in [1.29, 1.82) is 0 Å². The highest BCUT2D eigenvalue weighted by Gasteiger charge is 2.13. The molecule has 0 N–H and O–H groups in total. The van der Waals surface area contributed by atoms with Crippen LogP contribution in [0.5, 0.6) is 17.2 Å². The minimum absolute atomic E-state index is 0.243. The molecule has 2 heterocycles. The van der Waals surface area contributed by atoms with Crippen LogP contribution in [0.4, 0.5) is 0 Å². The Morgan fingerprint density at radius 3 is 2.23 bits per heavy atom. The molecule has 0 aliphatic carbocycles. The highest BCUT2D eigenvalue weighted by molar-refractivity contribution is 7.15. The standard InChI is InChI=1S/C22H18ClN3O4S/c1-28-16-10-14(11-17(29-2)20(16)30-3)12-18-21(27)26-22(31-18)24-19(25-26)9-6-13-4-7-15(23)8-5-13/h4-12H,1-3H3/b9-6+,18-12-. The van der Waals surface area contributed by atoms with Crippen molar-refractivity contribution in [2.45, 2.75) is 0 Å². The van der Waals surface area contributed by atoms with Gasteiger partial charge in [0, 0.05) is 5.02 Å². The Bertz CT molecular complexity index is 1350. The summed E-state index contributed by atoms with van der Waals surface area (Å²) in [7, 11) is 4.63. The number of methoxy groups -OCH3 is 3. The largest absolute Gasteiger partial charge is 0.493 e. The number of ether oxygens (including phenoxy) is 3. The van der Waals surface area contributed by atoms with Crippen LogP contribution < -0.4 is 24.3 Å². The SMILES string of the molecule is COc1cc(/C=c2\sc3nc(/C=C/c4ccc(Cl)cc4)nn3c2=O)cc(OC)c1OC. The van der Waals surface area contributed by atoms with E-state index in [0.29, 0.717) is 37.6 Å². The lowest BCUT2D eigenvalue weighted by molar-refractivity contribution is 0.324. The molecule has 2 aromatic carbocycles. The van der Waals surface area contributed by atoms with Gasteiger partial charge in [0.15, 0.2) is 17.3 Å². The van der Waals surface area contributed by atoms with Crippen molar-refractivity contribution in [1.82, 2.24) is 14.6 Å². The van der Waals surface area contributed by atoms with E-state index in [4.69, 9.17) is 25.8 Å². The van der Waals surface area contributed by atoms with Gasteiger partial charge in [-0.3, -0.25) is 4.79 Å². The van der Waals surface area contributed by atoms with Crippen LogP contribution >= 0.6 is 22.9 Å². The summed E-state index contributed by atoms with van der Waals surface area (Å²) in [5.41, 5.74) is 1.45. The predicted octanol–water partition coefficient (Wildman–Crippen LogP) is 3.55. The van der Waals surface area contributed by atoms with Crippen LogP contribution in [-0.2, 0) is 0 Å². The monoisotopic (exact) mass is 455 g/mol. The van der Waals surface area contributed by atoms with Gasteiger partial charge in [-0.25, -0.2) is 0 Å². The molecule has 0 saturated heterocycles. The summed E-state index contributed by atoms with van der Waals surface area (Å²) in [5, 5.41) is 4.97. The van der Waals surface area contributed by atoms with Gasteiger partial charge >= 0.3 is 0 Å². The van der Waals surface area contributed by atoms with Crippen molar-refractivity contribution < 1.29 is 14.2 Å². The second kappa shape index (κ2) is 8.79. The fourth-order valence-electron chi connectivity index (χ4n) is 3.00. The molecule has 0 aliphatic rings. The first kappa shape index (κ1) is 20.9. The van der Waals surface area contributed by atoms with E-state index in [2.05, 4.69) is 10.1 Å². The summed E-state index contributed by atoms with van der Waals surface area (Å²) in [4.78, 5) is 17.7. The van der Waals surface area contributed by atoms with Gasteiger partial charge in [0.05, 0.1) is 25.9 Å². The number of nitrogens with zero attached hydrogens (tertiary/aromatic N) is 3. The molecule has 0 atom stereocenters. The smallest absolute Gasteiger partial charge is 0.291 e. The van der Waals surface area contributed by atoms with Gasteiger partial charge in [0.2, 0.25) is 10.7 Å². The molecular formula is C22H18ClN3O4S. The Morgan fingerprint density at radius 2 is 1.65 bits per heavy atom. The van der Waals surface area contributed by atoms with Crippen molar-refractivity contribution in [3.63, 3.8) is 0 Å². The number of aromatic nitrogens is 3. The van der Waals surface area contributed by atoms with Crippen LogP contribution in [0.3, 0.4) is 0 Å². The van der Waals surface area contributed by atoms with Crippen molar-refractivity contribution >= 4 is 46.1 Å². The highest BCUT2D eigenvalue weighted by Crippen LogP contribution is 2.38. The van der Waals surface area contributed by atoms with Crippen molar-refractivity contribution in [2.75, 3.05) is 21.3 Å². The van der Waals surface area contributed by atoms with E-state index >= 15 is 0 Å². The fraction of sp³-hybridized carbons (Fsp3) is 0.136. The molecule has 0 unspecified atom stereocenters. The molecule has 0 aliphatic heterocycles. The van der Waals surface area contributed by atoms with Crippen LogP contribution in [0.25, 0.3) is 23.2 Å². The first-order valence-corrected chi connectivity index (χ1v) is 10.4. The summed E-state index contributed by atoms with van der Waals surface area (Å²) in [5.74, 6) is 1.96. The molecule has 0 radical (unpaired) electrons. The van der Waals surface area contributed by atoms with Crippen LogP contribution in [0.2, 0.25) is 5.02 Å². The molecular weight excluding hydrogens is 438 g/mol. The Kier molecular flexibility index (Phi) is 5.92. The average Bonchev–Trinajstić information content (AvgIpc) is 3.31. The van der Waals surface area contributed by atoms with E-state index in [9.17, 15) is 4.79 Å². The van der Waals surface area contributed by atoms with Gasteiger partial charge in [0.1, 0.15) is 0 Å².